The van der Waals surface area contributed by atoms with Gasteiger partial charge < -0.3 is 0 Å². The fraction of sp³-hybridized carbons (Fsp3) is 0.842. The Hall–Kier alpha value is -0.780. The third-order valence-electron chi connectivity index (χ3n) is 8.08. The highest BCUT2D eigenvalue weighted by atomic mass is 14.0. The molecule has 0 saturated carbocycles. The molecule has 0 fully saturated rings. The van der Waals surface area contributed by atoms with E-state index < -0.39 is 0 Å². The van der Waals surface area contributed by atoms with Crippen LogP contribution < -0.4 is 0 Å². The van der Waals surface area contributed by atoms with Crippen molar-refractivity contribution in [3.8, 4) is 0 Å². The van der Waals surface area contributed by atoms with Crippen molar-refractivity contribution in [3.63, 3.8) is 0 Å². The molecule has 0 spiro atoms. The zero-order valence-electron chi connectivity index (χ0n) is 26.7. The molecule has 0 aliphatic heterocycles. The van der Waals surface area contributed by atoms with Crippen LogP contribution in [-0.4, -0.2) is 0 Å². The monoisotopic (exact) mass is 529 g/mol. The van der Waals surface area contributed by atoms with Crippen molar-refractivity contribution < 1.29 is 0 Å². The van der Waals surface area contributed by atoms with E-state index in [0.29, 0.717) is 0 Å². The van der Waals surface area contributed by atoms with Crippen molar-refractivity contribution in [2.24, 2.45) is 0 Å². The van der Waals surface area contributed by atoms with Gasteiger partial charge in [-0.1, -0.05) is 166 Å². The van der Waals surface area contributed by atoms with E-state index >= 15 is 0 Å². The zero-order chi connectivity index (χ0) is 27.6. The summed E-state index contributed by atoms with van der Waals surface area (Å²) in [6.45, 7) is 8.94. The number of allylic oxidation sites excluding steroid dienone is 5. The first-order valence-electron chi connectivity index (χ1n) is 17.8. The average Bonchev–Trinajstić information content (AvgIpc) is 2.92. The van der Waals surface area contributed by atoms with Crippen LogP contribution in [0, 0.1) is 0 Å². The highest BCUT2D eigenvalue weighted by Gasteiger charge is 1.98. The van der Waals surface area contributed by atoms with Crippen LogP contribution in [0.15, 0.2) is 36.5 Å². The van der Waals surface area contributed by atoms with Gasteiger partial charge in [-0.05, 0) is 77.0 Å². The minimum Gasteiger partial charge on any atom is -0.0999 e. The maximum Gasteiger partial charge on any atom is -0.0323 e. The molecule has 0 aromatic rings. The lowest BCUT2D eigenvalue weighted by Crippen LogP contribution is -1.86. The molecule has 0 nitrogen and oxygen atoms in total. The third-order valence-corrected chi connectivity index (χ3v) is 8.08. The summed E-state index contributed by atoms with van der Waals surface area (Å²) in [5.74, 6) is 0. The molecule has 0 N–H and O–H groups in total. The van der Waals surface area contributed by atoms with Crippen molar-refractivity contribution >= 4 is 0 Å². The van der Waals surface area contributed by atoms with Gasteiger partial charge in [0.05, 0.1) is 0 Å². The molecule has 38 heavy (non-hydrogen) atoms. The highest BCUT2D eigenvalue weighted by molar-refractivity contribution is 4.93. The van der Waals surface area contributed by atoms with Gasteiger partial charge in [-0.15, -0.1) is 0 Å². The first-order chi connectivity index (χ1) is 18.8. The number of hydrogen-bond acceptors (Lipinski definition) is 0. The molecule has 0 radical (unpaired) electrons. The van der Waals surface area contributed by atoms with Gasteiger partial charge >= 0.3 is 0 Å². The van der Waals surface area contributed by atoms with Crippen LogP contribution in [0.1, 0.15) is 206 Å². The van der Waals surface area contributed by atoms with Crippen molar-refractivity contribution in [3.05, 3.63) is 36.5 Å². The lowest BCUT2D eigenvalue weighted by atomic mass is 10.0. The second-order valence-electron chi connectivity index (χ2n) is 12.1. The Kier molecular flexibility index (Phi) is 33.5. The summed E-state index contributed by atoms with van der Waals surface area (Å²) in [6.07, 6.45) is 51.2. The van der Waals surface area contributed by atoms with Crippen LogP contribution in [0.5, 0.6) is 0 Å². The van der Waals surface area contributed by atoms with E-state index in [1.165, 1.54) is 198 Å². The van der Waals surface area contributed by atoms with E-state index in [0.717, 1.165) is 0 Å². The van der Waals surface area contributed by atoms with Crippen molar-refractivity contribution in [2.75, 3.05) is 0 Å². The summed E-state index contributed by atoms with van der Waals surface area (Å²) in [4.78, 5) is 0. The molecular weight excluding hydrogens is 456 g/mol. The first-order valence-corrected chi connectivity index (χ1v) is 17.8. The molecule has 0 aromatic carbocycles. The number of unbranched alkanes of at least 4 members (excludes halogenated alkanes) is 24. The molecule has 0 aliphatic carbocycles. The topological polar surface area (TPSA) is 0 Å². The van der Waals surface area contributed by atoms with Gasteiger partial charge in [-0.2, -0.15) is 0 Å². The van der Waals surface area contributed by atoms with Crippen LogP contribution in [0.25, 0.3) is 0 Å². The van der Waals surface area contributed by atoms with Gasteiger partial charge in [0.2, 0.25) is 0 Å². The highest BCUT2D eigenvalue weighted by Crippen LogP contribution is 2.17. The minimum atomic E-state index is 1.27. The standard InChI is InChI=1S/C38H72/c1-4-6-8-10-12-14-16-18-20-22-24-26-28-30-32-34-36-38(3)37-35-33-31-29-27-25-23-21-19-17-15-13-11-9-7-5-2/h18-21H,3-17,22-37H2,1-2H3/b20-18-,21-19-. The van der Waals surface area contributed by atoms with Gasteiger partial charge in [0, 0.05) is 0 Å². The Morgan fingerprint density at radius 1 is 0.342 bits per heavy atom. The smallest absolute Gasteiger partial charge is 0.0323 e. The molecular formula is C38H72. The maximum absolute atomic E-state index is 4.35. The molecule has 0 saturated heterocycles. The van der Waals surface area contributed by atoms with Crippen molar-refractivity contribution in [1.82, 2.24) is 0 Å². The molecule has 0 unspecified atom stereocenters. The first kappa shape index (κ1) is 37.2. The SMILES string of the molecule is C=C(CCCCCCCC/C=C\CCCCCCCC)CCCCCCCC/C=C\CCCCCCCC. The van der Waals surface area contributed by atoms with Crippen LogP contribution in [0.2, 0.25) is 0 Å². The largest absolute Gasteiger partial charge is 0.0999 e. The van der Waals surface area contributed by atoms with Crippen LogP contribution >= 0.6 is 0 Å². The predicted molar refractivity (Wildman–Crippen MR) is 177 cm³/mol. The predicted octanol–water partition coefficient (Wildman–Crippen LogP) is 14.4. The van der Waals surface area contributed by atoms with Crippen LogP contribution in [0.4, 0.5) is 0 Å². The molecule has 0 bridgehead atoms. The second-order valence-corrected chi connectivity index (χ2v) is 12.1. The summed E-state index contributed by atoms with van der Waals surface area (Å²) < 4.78 is 0. The van der Waals surface area contributed by atoms with Gasteiger partial charge in [0.25, 0.3) is 0 Å². The third kappa shape index (κ3) is 33.2. The molecule has 224 valence electrons. The van der Waals surface area contributed by atoms with E-state index in [2.05, 4.69) is 44.7 Å². The van der Waals surface area contributed by atoms with E-state index in [1.807, 2.05) is 0 Å². The molecule has 0 aliphatic rings. The number of rotatable bonds is 32. The minimum absolute atomic E-state index is 1.27. The molecule has 0 aromatic heterocycles. The average molecular weight is 529 g/mol. The second kappa shape index (κ2) is 34.2. The van der Waals surface area contributed by atoms with Crippen molar-refractivity contribution in [2.45, 2.75) is 206 Å². The molecule has 0 heterocycles. The Labute approximate surface area is 242 Å². The van der Waals surface area contributed by atoms with Gasteiger partial charge in [-0.3, -0.25) is 0 Å². The number of hydrogen-bond donors (Lipinski definition) is 0. The Balaban J connectivity index is 3.23. The fourth-order valence-electron chi connectivity index (χ4n) is 5.37. The van der Waals surface area contributed by atoms with Crippen LogP contribution in [-0.2, 0) is 0 Å². The fourth-order valence-corrected chi connectivity index (χ4v) is 5.37. The van der Waals surface area contributed by atoms with E-state index in [9.17, 15) is 0 Å². The summed E-state index contributed by atoms with van der Waals surface area (Å²) in [5.41, 5.74) is 1.51. The normalized spacial score (nSPS) is 11.8. The molecule has 0 rings (SSSR count). The lowest BCUT2D eigenvalue weighted by molar-refractivity contribution is 0.576. The Bertz CT molecular complexity index is 452. The summed E-state index contributed by atoms with van der Waals surface area (Å²) in [6, 6.07) is 0. The molecule has 0 atom stereocenters. The molecule has 0 amide bonds. The van der Waals surface area contributed by atoms with Gasteiger partial charge in [0.15, 0.2) is 0 Å². The van der Waals surface area contributed by atoms with E-state index in [1.54, 1.807) is 0 Å². The van der Waals surface area contributed by atoms with Crippen LogP contribution in [0.3, 0.4) is 0 Å². The summed E-state index contributed by atoms with van der Waals surface area (Å²) in [7, 11) is 0. The lowest BCUT2D eigenvalue weighted by Gasteiger charge is -2.06. The van der Waals surface area contributed by atoms with E-state index in [-0.39, 0.29) is 0 Å². The van der Waals surface area contributed by atoms with Gasteiger partial charge in [-0.25, -0.2) is 0 Å². The summed E-state index contributed by atoms with van der Waals surface area (Å²) >= 11 is 0. The molecule has 0 heteroatoms. The van der Waals surface area contributed by atoms with Crippen molar-refractivity contribution in [1.29, 1.82) is 0 Å². The quantitative estimate of drug-likeness (QED) is 0.0601. The maximum atomic E-state index is 4.35. The Morgan fingerprint density at radius 3 is 0.868 bits per heavy atom. The summed E-state index contributed by atoms with van der Waals surface area (Å²) in [5, 5.41) is 0. The zero-order valence-corrected chi connectivity index (χ0v) is 26.7. The van der Waals surface area contributed by atoms with E-state index in [4.69, 9.17) is 0 Å². The van der Waals surface area contributed by atoms with Gasteiger partial charge in [0.1, 0.15) is 0 Å². The Morgan fingerprint density at radius 2 is 0.579 bits per heavy atom.